The largest absolute Gasteiger partial charge is 0.339 e. The van der Waals surface area contributed by atoms with Crippen LogP contribution >= 0.6 is 0 Å². The standard InChI is InChI=1S/C16H17N5O2/c22-16-12-6-7-17-8-13(12)18-10-21(16)9-14-19-15(23-20-14)11-4-2-1-3-5-11/h6-8,10-11H,1-5,9H2. The van der Waals surface area contributed by atoms with E-state index < -0.39 is 0 Å². The Bertz CT molecular complexity index is 879. The number of nitrogens with zero attached hydrogens (tertiary/aromatic N) is 5. The van der Waals surface area contributed by atoms with Crippen molar-refractivity contribution >= 4 is 10.9 Å². The van der Waals surface area contributed by atoms with Gasteiger partial charge in [-0.25, -0.2) is 4.98 Å². The molecule has 23 heavy (non-hydrogen) atoms. The monoisotopic (exact) mass is 311 g/mol. The van der Waals surface area contributed by atoms with Gasteiger partial charge in [0.25, 0.3) is 5.56 Å². The van der Waals surface area contributed by atoms with Crippen molar-refractivity contribution in [3.8, 4) is 0 Å². The molecule has 1 aliphatic carbocycles. The van der Waals surface area contributed by atoms with Gasteiger partial charge in [0.05, 0.1) is 30.0 Å². The molecular formula is C16H17N5O2. The number of hydrogen-bond acceptors (Lipinski definition) is 6. The summed E-state index contributed by atoms with van der Waals surface area (Å²) in [5.74, 6) is 1.58. The second kappa shape index (κ2) is 5.91. The van der Waals surface area contributed by atoms with E-state index in [0.717, 1.165) is 12.8 Å². The molecule has 118 valence electrons. The van der Waals surface area contributed by atoms with Gasteiger partial charge in [0, 0.05) is 12.1 Å². The zero-order valence-corrected chi connectivity index (χ0v) is 12.7. The number of rotatable bonds is 3. The van der Waals surface area contributed by atoms with Crippen molar-refractivity contribution in [3.63, 3.8) is 0 Å². The fourth-order valence-corrected chi connectivity index (χ4v) is 3.12. The molecule has 0 aromatic carbocycles. The summed E-state index contributed by atoms with van der Waals surface area (Å²) in [6.07, 6.45) is 10.6. The summed E-state index contributed by atoms with van der Waals surface area (Å²) in [4.78, 5) is 25.1. The summed E-state index contributed by atoms with van der Waals surface area (Å²) in [5.41, 5.74) is 0.464. The maximum absolute atomic E-state index is 12.5. The van der Waals surface area contributed by atoms with E-state index in [0.29, 0.717) is 28.5 Å². The Balaban J connectivity index is 1.60. The minimum absolute atomic E-state index is 0.124. The fourth-order valence-electron chi connectivity index (χ4n) is 3.12. The van der Waals surface area contributed by atoms with Crippen LogP contribution in [0.5, 0.6) is 0 Å². The molecule has 0 saturated heterocycles. The zero-order chi connectivity index (χ0) is 15.6. The molecule has 0 atom stereocenters. The highest BCUT2D eigenvalue weighted by atomic mass is 16.5. The van der Waals surface area contributed by atoms with E-state index in [1.54, 1.807) is 18.5 Å². The Morgan fingerprint density at radius 3 is 3.00 bits per heavy atom. The van der Waals surface area contributed by atoms with Crippen LogP contribution < -0.4 is 5.56 Å². The van der Waals surface area contributed by atoms with Crippen molar-refractivity contribution in [1.82, 2.24) is 24.7 Å². The minimum atomic E-state index is -0.124. The maximum atomic E-state index is 12.5. The van der Waals surface area contributed by atoms with Crippen LogP contribution in [0.1, 0.15) is 49.7 Å². The first kappa shape index (κ1) is 14.0. The van der Waals surface area contributed by atoms with Gasteiger partial charge in [-0.05, 0) is 18.9 Å². The van der Waals surface area contributed by atoms with Crippen LogP contribution in [0.4, 0.5) is 0 Å². The number of fused-ring (bicyclic) bond motifs is 1. The molecule has 0 unspecified atom stereocenters. The van der Waals surface area contributed by atoms with E-state index in [1.807, 2.05) is 0 Å². The predicted molar refractivity (Wildman–Crippen MR) is 83.0 cm³/mol. The van der Waals surface area contributed by atoms with Gasteiger partial charge in [0.1, 0.15) is 0 Å². The first-order chi connectivity index (χ1) is 11.3. The normalized spacial score (nSPS) is 16.0. The van der Waals surface area contributed by atoms with Crippen LogP contribution in [0.15, 0.2) is 34.1 Å². The van der Waals surface area contributed by atoms with Crippen molar-refractivity contribution in [2.75, 3.05) is 0 Å². The topological polar surface area (TPSA) is 86.7 Å². The quantitative estimate of drug-likeness (QED) is 0.737. The summed E-state index contributed by atoms with van der Waals surface area (Å²) >= 11 is 0. The Labute approximate surface area is 132 Å². The van der Waals surface area contributed by atoms with Gasteiger partial charge in [-0.3, -0.25) is 14.3 Å². The molecule has 1 fully saturated rings. The van der Waals surface area contributed by atoms with Crippen LogP contribution in [-0.4, -0.2) is 24.7 Å². The molecule has 0 N–H and O–H groups in total. The highest BCUT2D eigenvalue weighted by molar-refractivity contribution is 5.75. The molecule has 0 spiro atoms. The Morgan fingerprint density at radius 2 is 2.13 bits per heavy atom. The van der Waals surface area contributed by atoms with E-state index in [9.17, 15) is 4.79 Å². The summed E-state index contributed by atoms with van der Waals surface area (Å²) in [6, 6.07) is 1.67. The third kappa shape index (κ3) is 2.74. The van der Waals surface area contributed by atoms with Crippen LogP contribution in [-0.2, 0) is 6.54 Å². The predicted octanol–water partition coefficient (Wildman–Crippen LogP) is 2.27. The SMILES string of the molecule is O=c1c2ccncc2ncn1Cc1noc(C2CCCCC2)n1. The molecule has 0 aliphatic heterocycles. The van der Waals surface area contributed by atoms with Gasteiger partial charge in [-0.15, -0.1) is 0 Å². The fraction of sp³-hybridized carbons (Fsp3) is 0.438. The molecule has 3 heterocycles. The van der Waals surface area contributed by atoms with E-state index in [-0.39, 0.29) is 12.1 Å². The number of pyridine rings is 1. The lowest BCUT2D eigenvalue weighted by atomic mass is 9.89. The molecule has 3 aromatic rings. The molecular weight excluding hydrogens is 294 g/mol. The lowest BCUT2D eigenvalue weighted by molar-refractivity contribution is 0.312. The lowest BCUT2D eigenvalue weighted by Gasteiger charge is -2.17. The number of aromatic nitrogens is 5. The van der Waals surface area contributed by atoms with Gasteiger partial charge in [-0.2, -0.15) is 4.98 Å². The molecule has 1 aliphatic rings. The molecule has 4 rings (SSSR count). The highest BCUT2D eigenvalue weighted by Crippen LogP contribution is 2.31. The van der Waals surface area contributed by atoms with E-state index >= 15 is 0 Å². The average Bonchev–Trinajstić information content (AvgIpc) is 3.07. The summed E-state index contributed by atoms with van der Waals surface area (Å²) in [7, 11) is 0. The first-order valence-corrected chi connectivity index (χ1v) is 7.93. The average molecular weight is 311 g/mol. The molecule has 0 radical (unpaired) electrons. The van der Waals surface area contributed by atoms with Crippen molar-refractivity contribution in [1.29, 1.82) is 0 Å². The van der Waals surface area contributed by atoms with Crippen LogP contribution in [0, 0.1) is 0 Å². The molecule has 3 aromatic heterocycles. The Morgan fingerprint density at radius 1 is 1.26 bits per heavy atom. The van der Waals surface area contributed by atoms with Gasteiger partial charge >= 0.3 is 0 Å². The van der Waals surface area contributed by atoms with Crippen molar-refractivity contribution in [3.05, 3.63) is 46.9 Å². The molecule has 0 bridgehead atoms. The maximum Gasteiger partial charge on any atom is 0.261 e. The van der Waals surface area contributed by atoms with Gasteiger partial charge in [0.15, 0.2) is 5.82 Å². The van der Waals surface area contributed by atoms with Gasteiger partial charge < -0.3 is 4.52 Å². The molecule has 7 nitrogen and oxygen atoms in total. The summed E-state index contributed by atoms with van der Waals surface area (Å²) in [6.45, 7) is 0.264. The van der Waals surface area contributed by atoms with E-state index in [4.69, 9.17) is 4.52 Å². The summed E-state index contributed by atoms with van der Waals surface area (Å²) < 4.78 is 6.89. The third-order valence-electron chi connectivity index (χ3n) is 4.38. The second-order valence-electron chi connectivity index (χ2n) is 5.95. The lowest BCUT2D eigenvalue weighted by Crippen LogP contribution is -2.21. The highest BCUT2D eigenvalue weighted by Gasteiger charge is 2.21. The Kier molecular flexibility index (Phi) is 3.61. The van der Waals surface area contributed by atoms with Crippen LogP contribution in [0.25, 0.3) is 10.9 Å². The van der Waals surface area contributed by atoms with Crippen LogP contribution in [0.3, 0.4) is 0 Å². The van der Waals surface area contributed by atoms with Crippen molar-refractivity contribution < 1.29 is 4.52 Å². The molecule has 0 amide bonds. The van der Waals surface area contributed by atoms with Crippen molar-refractivity contribution in [2.45, 2.75) is 44.6 Å². The van der Waals surface area contributed by atoms with Crippen LogP contribution in [0.2, 0.25) is 0 Å². The number of hydrogen-bond donors (Lipinski definition) is 0. The minimum Gasteiger partial charge on any atom is -0.339 e. The van der Waals surface area contributed by atoms with E-state index in [2.05, 4.69) is 20.1 Å². The van der Waals surface area contributed by atoms with Crippen molar-refractivity contribution in [2.24, 2.45) is 0 Å². The Hall–Kier alpha value is -2.57. The summed E-state index contributed by atoms with van der Waals surface area (Å²) in [5, 5.41) is 4.56. The molecule has 1 saturated carbocycles. The second-order valence-corrected chi connectivity index (χ2v) is 5.95. The van der Waals surface area contributed by atoms with Gasteiger partial charge in [-0.1, -0.05) is 24.4 Å². The van der Waals surface area contributed by atoms with E-state index in [1.165, 1.54) is 30.2 Å². The smallest absolute Gasteiger partial charge is 0.261 e. The molecule has 7 heteroatoms. The zero-order valence-electron chi connectivity index (χ0n) is 12.7. The third-order valence-corrected chi connectivity index (χ3v) is 4.38. The van der Waals surface area contributed by atoms with Gasteiger partial charge in [0.2, 0.25) is 5.89 Å². The first-order valence-electron chi connectivity index (χ1n) is 7.93.